The van der Waals surface area contributed by atoms with E-state index in [0.717, 1.165) is 19.3 Å². The normalized spacial score (nSPS) is 12.6. The van der Waals surface area contributed by atoms with Gasteiger partial charge in [0, 0.05) is 18.1 Å². The summed E-state index contributed by atoms with van der Waals surface area (Å²) in [6, 6.07) is 12.6. The van der Waals surface area contributed by atoms with Crippen LogP contribution in [0, 0.1) is 0 Å². The standard InChI is InChI=1S/C14H17BrN2/c1-17-11-10-13(16-17)8-5-9-14(15)12-6-3-2-4-7-12/h2-4,6-7,10-11,14H,5,8-9H2,1H3. The molecule has 0 bridgehead atoms. The van der Waals surface area contributed by atoms with Crippen molar-refractivity contribution >= 4 is 15.9 Å². The van der Waals surface area contributed by atoms with Gasteiger partial charge in [0.1, 0.15) is 0 Å². The van der Waals surface area contributed by atoms with Crippen molar-refractivity contribution in [2.75, 3.05) is 0 Å². The van der Waals surface area contributed by atoms with Gasteiger partial charge in [0.25, 0.3) is 0 Å². The molecule has 0 aliphatic rings. The lowest BCUT2D eigenvalue weighted by atomic mass is 10.1. The Morgan fingerprint density at radius 2 is 2.00 bits per heavy atom. The molecular weight excluding hydrogens is 276 g/mol. The minimum atomic E-state index is 0.451. The molecule has 0 aliphatic carbocycles. The quantitative estimate of drug-likeness (QED) is 0.765. The molecule has 1 heterocycles. The van der Waals surface area contributed by atoms with E-state index in [-0.39, 0.29) is 0 Å². The van der Waals surface area contributed by atoms with Crippen molar-refractivity contribution in [3.63, 3.8) is 0 Å². The summed E-state index contributed by atoms with van der Waals surface area (Å²) in [5.41, 5.74) is 2.54. The molecule has 1 atom stereocenters. The molecule has 1 aromatic heterocycles. The predicted octanol–water partition coefficient (Wildman–Crippen LogP) is 3.88. The summed E-state index contributed by atoms with van der Waals surface area (Å²) in [5, 5.41) is 4.38. The third-order valence-corrected chi connectivity index (χ3v) is 3.81. The van der Waals surface area contributed by atoms with E-state index in [1.807, 2.05) is 17.9 Å². The van der Waals surface area contributed by atoms with Crippen LogP contribution in [0.1, 0.15) is 28.9 Å². The van der Waals surface area contributed by atoms with Crippen LogP contribution in [0.25, 0.3) is 0 Å². The number of hydrogen-bond acceptors (Lipinski definition) is 1. The van der Waals surface area contributed by atoms with Gasteiger partial charge in [-0.15, -0.1) is 0 Å². The number of nitrogens with zero attached hydrogens (tertiary/aromatic N) is 2. The second-order valence-electron chi connectivity index (χ2n) is 4.25. The first-order valence-electron chi connectivity index (χ1n) is 5.93. The Bertz CT molecular complexity index is 450. The van der Waals surface area contributed by atoms with Gasteiger partial charge in [-0.05, 0) is 30.9 Å². The van der Waals surface area contributed by atoms with Crippen LogP contribution in [0.2, 0.25) is 0 Å². The zero-order valence-corrected chi connectivity index (χ0v) is 11.6. The first-order chi connectivity index (χ1) is 8.25. The van der Waals surface area contributed by atoms with Crippen LogP contribution in [0.5, 0.6) is 0 Å². The van der Waals surface area contributed by atoms with Crippen molar-refractivity contribution in [3.05, 3.63) is 53.9 Å². The van der Waals surface area contributed by atoms with Crippen molar-refractivity contribution in [2.45, 2.75) is 24.1 Å². The van der Waals surface area contributed by atoms with Crippen molar-refractivity contribution in [1.29, 1.82) is 0 Å². The van der Waals surface area contributed by atoms with Gasteiger partial charge in [-0.2, -0.15) is 5.10 Å². The molecule has 0 N–H and O–H groups in total. The van der Waals surface area contributed by atoms with E-state index in [1.165, 1.54) is 11.3 Å². The van der Waals surface area contributed by atoms with Crippen molar-refractivity contribution in [3.8, 4) is 0 Å². The fourth-order valence-electron chi connectivity index (χ4n) is 1.89. The van der Waals surface area contributed by atoms with Gasteiger partial charge in [0.05, 0.1) is 5.69 Å². The first-order valence-corrected chi connectivity index (χ1v) is 6.85. The molecule has 0 fully saturated rings. The van der Waals surface area contributed by atoms with Gasteiger partial charge in [0.15, 0.2) is 0 Å². The van der Waals surface area contributed by atoms with Crippen molar-refractivity contribution < 1.29 is 0 Å². The Hall–Kier alpha value is -1.09. The maximum Gasteiger partial charge on any atom is 0.0624 e. The summed E-state index contributed by atoms with van der Waals surface area (Å²) in [6.07, 6.45) is 5.34. The summed E-state index contributed by atoms with van der Waals surface area (Å²) in [5.74, 6) is 0. The maximum atomic E-state index is 4.38. The van der Waals surface area contributed by atoms with Crippen LogP contribution in [0.4, 0.5) is 0 Å². The number of halogens is 1. The van der Waals surface area contributed by atoms with E-state index >= 15 is 0 Å². The SMILES string of the molecule is Cn1ccc(CCCC(Br)c2ccccc2)n1. The van der Waals surface area contributed by atoms with Gasteiger partial charge in [0.2, 0.25) is 0 Å². The number of benzene rings is 1. The van der Waals surface area contributed by atoms with E-state index in [4.69, 9.17) is 0 Å². The average Bonchev–Trinajstić information content (AvgIpc) is 2.76. The molecule has 2 aromatic rings. The second kappa shape index (κ2) is 6.01. The van der Waals surface area contributed by atoms with Crippen LogP contribution in [-0.2, 0) is 13.5 Å². The van der Waals surface area contributed by atoms with Crippen LogP contribution >= 0.6 is 15.9 Å². The van der Waals surface area contributed by atoms with Gasteiger partial charge in [-0.3, -0.25) is 4.68 Å². The molecule has 0 amide bonds. The molecule has 90 valence electrons. The van der Waals surface area contributed by atoms with Crippen LogP contribution in [0.3, 0.4) is 0 Å². The zero-order valence-electron chi connectivity index (χ0n) is 10.0. The fraction of sp³-hybridized carbons (Fsp3) is 0.357. The molecule has 0 saturated heterocycles. The molecule has 0 saturated carbocycles. The van der Waals surface area contributed by atoms with E-state index in [9.17, 15) is 0 Å². The highest BCUT2D eigenvalue weighted by atomic mass is 79.9. The minimum Gasteiger partial charge on any atom is -0.276 e. The topological polar surface area (TPSA) is 17.8 Å². The number of aryl methyl sites for hydroxylation is 2. The Labute approximate surface area is 111 Å². The highest BCUT2D eigenvalue weighted by Crippen LogP contribution is 2.27. The first kappa shape index (κ1) is 12.4. The van der Waals surface area contributed by atoms with Crippen LogP contribution < -0.4 is 0 Å². The molecule has 0 radical (unpaired) electrons. The summed E-state index contributed by atoms with van der Waals surface area (Å²) in [7, 11) is 1.96. The number of aromatic nitrogens is 2. The van der Waals surface area contributed by atoms with Crippen LogP contribution in [-0.4, -0.2) is 9.78 Å². The molecule has 0 aliphatic heterocycles. The Morgan fingerprint density at radius 3 is 2.65 bits per heavy atom. The monoisotopic (exact) mass is 292 g/mol. The van der Waals surface area contributed by atoms with E-state index in [1.54, 1.807) is 0 Å². The number of alkyl halides is 1. The molecule has 3 heteroatoms. The molecule has 2 nitrogen and oxygen atoms in total. The lowest BCUT2D eigenvalue weighted by Crippen LogP contribution is -1.94. The number of rotatable bonds is 5. The van der Waals surface area contributed by atoms with E-state index < -0.39 is 0 Å². The van der Waals surface area contributed by atoms with Gasteiger partial charge >= 0.3 is 0 Å². The fourth-order valence-corrected chi connectivity index (χ4v) is 2.52. The minimum absolute atomic E-state index is 0.451. The lowest BCUT2D eigenvalue weighted by Gasteiger charge is -2.09. The molecule has 1 unspecified atom stereocenters. The summed E-state index contributed by atoms with van der Waals surface area (Å²) >= 11 is 3.74. The van der Waals surface area contributed by atoms with Gasteiger partial charge < -0.3 is 0 Å². The predicted molar refractivity (Wildman–Crippen MR) is 74.3 cm³/mol. The summed E-state index contributed by atoms with van der Waals surface area (Å²) in [4.78, 5) is 0.451. The van der Waals surface area contributed by atoms with Crippen molar-refractivity contribution in [2.24, 2.45) is 7.05 Å². The Balaban J connectivity index is 1.79. The van der Waals surface area contributed by atoms with Gasteiger partial charge in [-0.1, -0.05) is 46.3 Å². The second-order valence-corrected chi connectivity index (χ2v) is 5.36. The third kappa shape index (κ3) is 3.70. The highest BCUT2D eigenvalue weighted by molar-refractivity contribution is 9.09. The Kier molecular flexibility index (Phi) is 4.37. The van der Waals surface area contributed by atoms with E-state index in [2.05, 4.69) is 57.4 Å². The van der Waals surface area contributed by atoms with Crippen molar-refractivity contribution in [1.82, 2.24) is 9.78 Å². The maximum absolute atomic E-state index is 4.38. The summed E-state index contributed by atoms with van der Waals surface area (Å²) in [6.45, 7) is 0. The largest absolute Gasteiger partial charge is 0.276 e. The van der Waals surface area contributed by atoms with E-state index in [0.29, 0.717) is 4.83 Å². The highest BCUT2D eigenvalue weighted by Gasteiger charge is 2.06. The molecular formula is C14H17BrN2. The van der Waals surface area contributed by atoms with Gasteiger partial charge in [-0.25, -0.2) is 0 Å². The lowest BCUT2D eigenvalue weighted by molar-refractivity contribution is 0.689. The third-order valence-electron chi connectivity index (χ3n) is 2.82. The Morgan fingerprint density at radius 1 is 1.24 bits per heavy atom. The smallest absolute Gasteiger partial charge is 0.0624 e. The van der Waals surface area contributed by atoms with Crippen LogP contribution in [0.15, 0.2) is 42.6 Å². The molecule has 1 aromatic carbocycles. The molecule has 0 spiro atoms. The zero-order chi connectivity index (χ0) is 12.1. The average molecular weight is 293 g/mol. The number of hydrogen-bond donors (Lipinski definition) is 0. The summed E-state index contributed by atoms with van der Waals surface area (Å²) < 4.78 is 1.86. The molecule has 2 rings (SSSR count). The molecule has 17 heavy (non-hydrogen) atoms.